The van der Waals surface area contributed by atoms with Crippen molar-refractivity contribution >= 4 is 23.1 Å². The van der Waals surface area contributed by atoms with Crippen molar-refractivity contribution in [2.24, 2.45) is 0 Å². The first-order chi connectivity index (χ1) is 15.3. The summed E-state index contributed by atoms with van der Waals surface area (Å²) in [4.78, 5) is 18.3. The maximum absolute atomic E-state index is 13.5. The molecular formula is C25H24N2O3S. The lowest BCUT2D eigenvalue weighted by Crippen LogP contribution is -2.42. The highest BCUT2D eigenvalue weighted by Gasteiger charge is 2.36. The van der Waals surface area contributed by atoms with Crippen LogP contribution < -0.4 is 14.8 Å². The summed E-state index contributed by atoms with van der Waals surface area (Å²) in [7, 11) is 0. The van der Waals surface area contributed by atoms with E-state index in [1.807, 2.05) is 40.5 Å². The molecule has 31 heavy (non-hydrogen) atoms. The van der Waals surface area contributed by atoms with Gasteiger partial charge in [0.05, 0.1) is 6.04 Å². The fraction of sp³-hybridized carbons (Fsp3) is 0.320. The van der Waals surface area contributed by atoms with Crippen LogP contribution in [-0.2, 0) is 19.3 Å². The number of thiophene rings is 1. The maximum atomic E-state index is 13.5. The zero-order chi connectivity index (χ0) is 20.8. The van der Waals surface area contributed by atoms with E-state index < -0.39 is 0 Å². The van der Waals surface area contributed by atoms with Gasteiger partial charge in [0.15, 0.2) is 11.5 Å². The van der Waals surface area contributed by atoms with E-state index in [4.69, 9.17) is 9.47 Å². The molecule has 0 bridgehead atoms. The number of benzene rings is 2. The summed E-state index contributed by atoms with van der Waals surface area (Å²) in [5.74, 6) is 1.39. The number of fused-ring (bicyclic) bond motifs is 4. The van der Waals surface area contributed by atoms with E-state index in [0.717, 1.165) is 12.1 Å². The van der Waals surface area contributed by atoms with E-state index in [2.05, 4.69) is 29.6 Å². The van der Waals surface area contributed by atoms with Crippen LogP contribution in [0, 0.1) is 0 Å². The summed E-state index contributed by atoms with van der Waals surface area (Å²) in [6, 6.07) is 15.8. The zero-order valence-corrected chi connectivity index (χ0v) is 18.0. The average molecular weight is 433 g/mol. The molecule has 6 heteroatoms. The fourth-order valence-electron chi connectivity index (χ4n) is 5.01. The molecule has 3 aromatic rings. The van der Waals surface area contributed by atoms with Crippen molar-refractivity contribution in [1.82, 2.24) is 4.90 Å². The Morgan fingerprint density at radius 3 is 2.71 bits per heavy atom. The molecule has 158 valence electrons. The number of hydrogen-bond donors (Lipinski definition) is 1. The summed E-state index contributed by atoms with van der Waals surface area (Å²) in [5, 5.41) is 3.09. The molecule has 0 saturated heterocycles. The number of nitrogens with zero attached hydrogens (tertiary/aromatic N) is 1. The molecule has 1 N–H and O–H groups in total. The van der Waals surface area contributed by atoms with Crippen LogP contribution in [0.2, 0.25) is 0 Å². The standard InChI is InChI=1S/C25H24N2O3S/c28-25(26-17-10-11-20-21(14-17)30-15-29-20)27-13-12-19-18-8-4-5-9-22(18)31-24(19)23(27)16-6-2-1-3-7-16/h1-3,6-7,10-11,14,23H,4-5,8-9,12-13,15H2,(H,26,28)/t23-/m1/s1. The van der Waals surface area contributed by atoms with Crippen LogP contribution in [-0.4, -0.2) is 24.3 Å². The lowest BCUT2D eigenvalue weighted by atomic mass is 9.88. The predicted molar refractivity (Wildman–Crippen MR) is 121 cm³/mol. The number of amides is 2. The Morgan fingerprint density at radius 2 is 1.81 bits per heavy atom. The van der Waals surface area contributed by atoms with Gasteiger partial charge in [0, 0.05) is 28.1 Å². The number of anilines is 1. The van der Waals surface area contributed by atoms with Gasteiger partial charge in [-0.25, -0.2) is 4.79 Å². The highest BCUT2D eigenvalue weighted by atomic mass is 32.1. The number of carbonyl (C=O) groups is 1. The Morgan fingerprint density at radius 1 is 0.968 bits per heavy atom. The minimum atomic E-state index is -0.0789. The van der Waals surface area contributed by atoms with Crippen molar-refractivity contribution in [2.45, 2.75) is 38.1 Å². The normalized spacial score (nSPS) is 19.0. The third-order valence-corrected chi connectivity index (χ3v) is 7.86. The Kier molecular flexibility index (Phi) is 4.60. The topological polar surface area (TPSA) is 50.8 Å². The van der Waals surface area contributed by atoms with Crippen molar-refractivity contribution in [3.63, 3.8) is 0 Å². The first kappa shape index (κ1) is 18.8. The average Bonchev–Trinajstić information content (AvgIpc) is 3.43. The van der Waals surface area contributed by atoms with Crippen LogP contribution in [0.4, 0.5) is 10.5 Å². The van der Waals surface area contributed by atoms with E-state index in [9.17, 15) is 4.79 Å². The van der Waals surface area contributed by atoms with Crippen LogP contribution in [0.25, 0.3) is 0 Å². The minimum Gasteiger partial charge on any atom is -0.454 e. The lowest BCUT2D eigenvalue weighted by Gasteiger charge is -2.36. The van der Waals surface area contributed by atoms with Gasteiger partial charge in [-0.1, -0.05) is 30.3 Å². The summed E-state index contributed by atoms with van der Waals surface area (Å²) >= 11 is 1.93. The van der Waals surface area contributed by atoms with Gasteiger partial charge >= 0.3 is 6.03 Å². The van der Waals surface area contributed by atoms with Gasteiger partial charge < -0.3 is 19.7 Å². The largest absolute Gasteiger partial charge is 0.454 e. The maximum Gasteiger partial charge on any atom is 0.322 e. The van der Waals surface area contributed by atoms with Crippen molar-refractivity contribution in [3.8, 4) is 11.5 Å². The molecule has 3 heterocycles. The van der Waals surface area contributed by atoms with Crippen molar-refractivity contribution < 1.29 is 14.3 Å². The second-order valence-corrected chi connectivity index (χ2v) is 9.45. The molecule has 0 radical (unpaired) electrons. The molecule has 6 rings (SSSR count). The zero-order valence-electron chi connectivity index (χ0n) is 17.2. The van der Waals surface area contributed by atoms with Crippen LogP contribution in [0.5, 0.6) is 11.5 Å². The molecule has 0 fully saturated rings. The first-order valence-corrected chi connectivity index (χ1v) is 11.7. The Bertz CT molecular complexity index is 1140. The predicted octanol–water partition coefficient (Wildman–Crippen LogP) is 5.54. The SMILES string of the molecule is O=C(Nc1ccc2c(c1)OCO2)N1CCc2c(sc3c2CCCC3)[C@H]1c1ccccc1. The van der Waals surface area contributed by atoms with Crippen LogP contribution >= 0.6 is 11.3 Å². The highest BCUT2D eigenvalue weighted by molar-refractivity contribution is 7.12. The number of urea groups is 1. The lowest BCUT2D eigenvalue weighted by molar-refractivity contribution is 0.174. The van der Waals surface area contributed by atoms with Crippen molar-refractivity contribution in [2.75, 3.05) is 18.7 Å². The van der Waals surface area contributed by atoms with Crippen LogP contribution in [0.15, 0.2) is 48.5 Å². The van der Waals surface area contributed by atoms with Gasteiger partial charge in [0.1, 0.15) is 0 Å². The van der Waals surface area contributed by atoms with Gasteiger partial charge in [-0.05, 0) is 60.9 Å². The van der Waals surface area contributed by atoms with Gasteiger partial charge in [0.2, 0.25) is 6.79 Å². The van der Waals surface area contributed by atoms with Gasteiger partial charge in [-0.2, -0.15) is 0 Å². The minimum absolute atomic E-state index is 0.0467. The Labute approximate surface area is 185 Å². The third-order valence-electron chi connectivity index (χ3n) is 6.47. The fourth-order valence-corrected chi connectivity index (χ4v) is 6.59. The molecule has 1 atom stereocenters. The number of nitrogens with one attached hydrogen (secondary N) is 1. The molecule has 3 aliphatic rings. The number of carbonyl (C=O) groups excluding carboxylic acids is 1. The number of aryl methyl sites for hydroxylation is 1. The molecule has 0 spiro atoms. The van der Waals surface area contributed by atoms with Gasteiger partial charge in [-0.3, -0.25) is 0 Å². The molecule has 0 saturated carbocycles. The number of ether oxygens (including phenoxy) is 2. The first-order valence-electron chi connectivity index (χ1n) is 10.9. The van der Waals surface area contributed by atoms with E-state index >= 15 is 0 Å². The van der Waals surface area contributed by atoms with E-state index in [1.54, 1.807) is 5.56 Å². The van der Waals surface area contributed by atoms with Gasteiger partial charge in [-0.15, -0.1) is 11.3 Å². The molecule has 0 unspecified atom stereocenters. The third kappa shape index (κ3) is 3.26. The number of rotatable bonds is 2. The second-order valence-electron chi connectivity index (χ2n) is 8.31. The smallest absolute Gasteiger partial charge is 0.322 e. The van der Waals surface area contributed by atoms with E-state index in [0.29, 0.717) is 18.0 Å². The molecule has 2 amide bonds. The summed E-state index contributed by atoms with van der Waals surface area (Å²) in [6.07, 6.45) is 5.85. The molecule has 2 aliphatic heterocycles. The van der Waals surface area contributed by atoms with Crippen molar-refractivity contribution in [1.29, 1.82) is 0 Å². The van der Waals surface area contributed by atoms with E-state index in [-0.39, 0.29) is 18.9 Å². The number of hydrogen-bond acceptors (Lipinski definition) is 4. The monoisotopic (exact) mass is 432 g/mol. The quantitative estimate of drug-likeness (QED) is 0.579. The highest BCUT2D eigenvalue weighted by Crippen LogP contribution is 2.45. The van der Waals surface area contributed by atoms with E-state index in [1.165, 1.54) is 46.6 Å². The van der Waals surface area contributed by atoms with Crippen LogP contribution in [0.1, 0.15) is 45.3 Å². The van der Waals surface area contributed by atoms with Crippen LogP contribution in [0.3, 0.4) is 0 Å². The Hall–Kier alpha value is -2.99. The molecule has 1 aromatic heterocycles. The Balaban J connectivity index is 1.35. The summed E-state index contributed by atoms with van der Waals surface area (Å²) in [5.41, 5.74) is 4.96. The molecule has 2 aromatic carbocycles. The summed E-state index contributed by atoms with van der Waals surface area (Å²) < 4.78 is 10.8. The second kappa shape index (κ2) is 7.61. The van der Waals surface area contributed by atoms with Crippen molar-refractivity contribution in [3.05, 3.63) is 75.0 Å². The molecule has 5 nitrogen and oxygen atoms in total. The molecule has 1 aliphatic carbocycles. The van der Waals surface area contributed by atoms with Gasteiger partial charge in [0.25, 0.3) is 0 Å². The summed E-state index contributed by atoms with van der Waals surface area (Å²) in [6.45, 7) is 0.937. The molecular weight excluding hydrogens is 408 g/mol.